The minimum Gasteiger partial charge on any atom is -0.396 e. The van der Waals surface area contributed by atoms with E-state index in [9.17, 15) is 5.11 Å². The van der Waals surface area contributed by atoms with E-state index in [1.54, 1.807) is 6.92 Å². The van der Waals surface area contributed by atoms with Crippen LogP contribution in [0.5, 0.6) is 0 Å². The zero-order valence-electron chi connectivity index (χ0n) is 7.27. The molecule has 0 bridgehead atoms. The van der Waals surface area contributed by atoms with E-state index in [0.717, 1.165) is 6.42 Å². The van der Waals surface area contributed by atoms with Crippen LogP contribution in [-0.4, -0.2) is 40.5 Å². The summed E-state index contributed by atoms with van der Waals surface area (Å²) in [7, 11) is 0. The lowest BCUT2D eigenvalue weighted by molar-refractivity contribution is 0.0191. The molecule has 3 nitrogen and oxygen atoms in total. The number of hydrogen-bond acceptors (Lipinski definition) is 3. The molecule has 3 heteroatoms. The third-order valence-corrected chi connectivity index (χ3v) is 2.36. The molecule has 1 saturated heterocycles. The summed E-state index contributed by atoms with van der Waals surface area (Å²) < 4.78 is 0. The number of rotatable bonds is 2. The Balaban J connectivity index is 2.58. The number of likely N-dealkylation sites (tertiary alicyclic amines) is 1. The lowest BCUT2D eigenvalue weighted by Gasteiger charge is -2.23. The van der Waals surface area contributed by atoms with E-state index in [1.807, 2.05) is 4.90 Å². The van der Waals surface area contributed by atoms with Crippen molar-refractivity contribution in [1.82, 2.24) is 4.90 Å². The van der Waals surface area contributed by atoms with Gasteiger partial charge in [-0.1, -0.05) is 5.92 Å². The Bertz CT molecular complexity index is 185. The van der Waals surface area contributed by atoms with Crippen molar-refractivity contribution in [1.29, 1.82) is 0 Å². The van der Waals surface area contributed by atoms with Gasteiger partial charge in [0.05, 0.1) is 6.04 Å². The highest BCUT2D eigenvalue weighted by atomic mass is 16.3. The second-order valence-electron chi connectivity index (χ2n) is 3.30. The largest absolute Gasteiger partial charge is 0.396 e. The molecule has 0 aromatic heterocycles. The fraction of sp³-hybridized carbons (Fsp3) is 0.778. The van der Waals surface area contributed by atoms with E-state index in [-0.39, 0.29) is 18.6 Å². The zero-order chi connectivity index (χ0) is 9.14. The number of aliphatic hydroxyl groups is 2. The summed E-state index contributed by atoms with van der Waals surface area (Å²) in [5, 5.41) is 18.2. The molecule has 1 fully saturated rings. The van der Waals surface area contributed by atoms with Crippen molar-refractivity contribution < 1.29 is 10.2 Å². The lowest BCUT2D eigenvalue weighted by atomic mass is 10.1. The Morgan fingerprint density at radius 3 is 2.75 bits per heavy atom. The molecule has 68 valence electrons. The van der Waals surface area contributed by atoms with Crippen molar-refractivity contribution >= 4 is 0 Å². The number of aliphatic hydroxyl groups excluding tert-OH is 2. The number of nitrogens with zero attached hydrogens (tertiary/aromatic N) is 1. The maximum absolute atomic E-state index is 9.32. The van der Waals surface area contributed by atoms with Crippen molar-refractivity contribution in [2.75, 3.05) is 13.2 Å². The van der Waals surface area contributed by atoms with Gasteiger partial charge >= 0.3 is 0 Å². The normalized spacial score (nSPS) is 33.2. The average Bonchev–Trinajstić information content (AvgIpc) is 2.47. The summed E-state index contributed by atoms with van der Waals surface area (Å²) in [5.41, 5.74) is 0. The van der Waals surface area contributed by atoms with Crippen LogP contribution in [0.4, 0.5) is 0 Å². The van der Waals surface area contributed by atoms with Gasteiger partial charge in [0.25, 0.3) is 0 Å². The van der Waals surface area contributed by atoms with Crippen LogP contribution in [0.3, 0.4) is 0 Å². The van der Waals surface area contributed by atoms with E-state index in [1.165, 1.54) is 0 Å². The first-order valence-electron chi connectivity index (χ1n) is 4.19. The van der Waals surface area contributed by atoms with Gasteiger partial charge in [-0.2, -0.15) is 0 Å². The topological polar surface area (TPSA) is 43.7 Å². The molecule has 1 aliphatic rings. The minimum absolute atomic E-state index is 0.0119. The zero-order valence-corrected chi connectivity index (χ0v) is 7.27. The number of hydrogen-bond donors (Lipinski definition) is 2. The van der Waals surface area contributed by atoms with E-state index in [2.05, 4.69) is 5.92 Å². The molecule has 0 amide bonds. The van der Waals surface area contributed by atoms with Gasteiger partial charge in [0, 0.05) is 13.2 Å². The number of terminal acetylenes is 1. The molecule has 1 rings (SSSR count). The van der Waals surface area contributed by atoms with Crippen molar-refractivity contribution in [2.24, 2.45) is 5.92 Å². The quantitative estimate of drug-likeness (QED) is 0.555. The SMILES string of the molecule is C#CC1CC(CO)CN1C(C)O. The first-order chi connectivity index (χ1) is 5.69. The summed E-state index contributed by atoms with van der Waals surface area (Å²) >= 11 is 0. The van der Waals surface area contributed by atoms with Crippen LogP contribution in [0.1, 0.15) is 13.3 Å². The highest BCUT2D eigenvalue weighted by molar-refractivity contribution is 5.05. The summed E-state index contributed by atoms with van der Waals surface area (Å²) in [4.78, 5) is 1.83. The van der Waals surface area contributed by atoms with E-state index >= 15 is 0 Å². The smallest absolute Gasteiger partial charge is 0.105 e. The molecular weight excluding hydrogens is 154 g/mol. The van der Waals surface area contributed by atoms with Gasteiger partial charge in [0.15, 0.2) is 0 Å². The maximum atomic E-state index is 9.32. The van der Waals surface area contributed by atoms with Crippen LogP contribution in [0, 0.1) is 18.3 Å². The summed E-state index contributed by atoms with van der Waals surface area (Å²) in [5.74, 6) is 2.84. The summed E-state index contributed by atoms with van der Waals surface area (Å²) in [6, 6.07) is -0.0119. The monoisotopic (exact) mass is 169 g/mol. The molecular formula is C9H15NO2. The third kappa shape index (κ3) is 1.78. The van der Waals surface area contributed by atoms with Gasteiger partial charge in [-0.15, -0.1) is 6.42 Å². The predicted molar refractivity (Wildman–Crippen MR) is 46.2 cm³/mol. The molecule has 0 aliphatic carbocycles. The first kappa shape index (κ1) is 9.53. The minimum atomic E-state index is -0.511. The van der Waals surface area contributed by atoms with Crippen molar-refractivity contribution in [2.45, 2.75) is 25.6 Å². The molecule has 0 saturated carbocycles. The van der Waals surface area contributed by atoms with Crippen LogP contribution < -0.4 is 0 Å². The molecule has 3 unspecified atom stereocenters. The Morgan fingerprint density at radius 1 is 1.75 bits per heavy atom. The molecule has 0 aromatic carbocycles. The van der Waals surface area contributed by atoms with Gasteiger partial charge in [-0.25, -0.2) is 0 Å². The Kier molecular flexibility index (Phi) is 3.10. The standard InChI is InChI=1S/C9H15NO2/c1-3-9-4-8(6-11)5-10(9)7(2)12/h1,7-9,11-12H,4-6H2,2H3. The van der Waals surface area contributed by atoms with Gasteiger partial charge in [0.1, 0.15) is 6.23 Å². The predicted octanol–water partition coefficient (Wildman–Crippen LogP) is -0.359. The van der Waals surface area contributed by atoms with E-state index in [0.29, 0.717) is 6.54 Å². The second-order valence-corrected chi connectivity index (χ2v) is 3.30. The van der Waals surface area contributed by atoms with E-state index < -0.39 is 6.23 Å². The fourth-order valence-electron chi connectivity index (χ4n) is 1.66. The van der Waals surface area contributed by atoms with Crippen LogP contribution in [-0.2, 0) is 0 Å². The van der Waals surface area contributed by atoms with Crippen LogP contribution >= 0.6 is 0 Å². The van der Waals surface area contributed by atoms with Crippen LogP contribution in [0.2, 0.25) is 0 Å². The summed E-state index contributed by atoms with van der Waals surface area (Å²) in [6.45, 7) is 2.55. The van der Waals surface area contributed by atoms with Crippen molar-refractivity contribution in [3.63, 3.8) is 0 Å². The molecule has 0 spiro atoms. The molecule has 3 atom stereocenters. The molecule has 0 radical (unpaired) electrons. The van der Waals surface area contributed by atoms with Crippen molar-refractivity contribution in [3.05, 3.63) is 0 Å². The highest BCUT2D eigenvalue weighted by Gasteiger charge is 2.32. The van der Waals surface area contributed by atoms with Gasteiger partial charge < -0.3 is 10.2 Å². The van der Waals surface area contributed by atoms with Gasteiger partial charge in [-0.05, 0) is 19.3 Å². The Morgan fingerprint density at radius 2 is 2.42 bits per heavy atom. The Labute approximate surface area is 73.0 Å². The molecule has 2 N–H and O–H groups in total. The first-order valence-corrected chi connectivity index (χ1v) is 4.19. The molecule has 1 aliphatic heterocycles. The van der Waals surface area contributed by atoms with Crippen LogP contribution in [0.15, 0.2) is 0 Å². The molecule has 1 heterocycles. The maximum Gasteiger partial charge on any atom is 0.105 e. The third-order valence-electron chi connectivity index (χ3n) is 2.36. The molecule has 0 aromatic rings. The highest BCUT2D eigenvalue weighted by Crippen LogP contribution is 2.23. The Hall–Kier alpha value is -0.560. The van der Waals surface area contributed by atoms with Crippen molar-refractivity contribution in [3.8, 4) is 12.3 Å². The van der Waals surface area contributed by atoms with Crippen LogP contribution in [0.25, 0.3) is 0 Å². The lowest BCUT2D eigenvalue weighted by Crippen LogP contribution is -2.36. The fourth-order valence-corrected chi connectivity index (χ4v) is 1.66. The van der Waals surface area contributed by atoms with E-state index in [4.69, 9.17) is 11.5 Å². The molecule has 12 heavy (non-hydrogen) atoms. The second kappa shape index (κ2) is 3.90. The van der Waals surface area contributed by atoms with Gasteiger partial charge in [0.2, 0.25) is 0 Å². The van der Waals surface area contributed by atoms with Gasteiger partial charge in [-0.3, -0.25) is 4.90 Å². The average molecular weight is 169 g/mol. The summed E-state index contributed by atoms with van der Waals surface area (Å²) in [6.07, 6.45) is 5.57.